The Hall–Kier alpha value is -3.92. The average molecular weight is 506 g/mol. The zero-order chi connectivity index (χ0) is 25.6. The van der Waals surface area contributed by atoms with Gasteiger partial charge in [0.05, 0.1) is 10.3 Å². The Bertz CT molecular complexity index is 1530. The largest absolute Gasteiger partial charge is 0.465 e. The van der Waals surface area contributed by atoms with Crippen molar-refractivity contribution in [2.24, 2.45) is 0 Å². The molecule has 1 fully saturated rings. The van der Waals surface area contributed by atoms with E-state index in [9.17, 15) is 18.3 Å². The number of carboxylic acid groups (broad SMARTS) is 1. The van der Waals surface area contributed by atoms with Crippen LogP contribution in [-0.4, -0.2) is 63.6 Å². The normalized spacial score (nSPS) is 18.5. The highest BCUT2D eigenvalue weighted by molar-refractivity contribution is 7.90. The van der Waals surface area contributed by atoms with E-state index in [0.717, 1.165) is 11.1 Å². The second-order valence-electron chi connectivity index (χ2n) is 9.20. The Morgan fingerprint density at radius 3 is 2.33 bits per heavy atom. The van der Waals surface area contributed by atoms with Crippen molar-refractivity contribution in [1.29, 1.82) is 0 Å². The number of hydrogen-bond donors (Lipinski definition) is 1. The summed E-state index contributed by atoms with van der Waals surface area (Å²) in [6.45, 7) is 6.43. The fourth-order valence-corrected chi connectivity index (χ4v) is 6.09. The highest BCUT2D eigenvalue weighted by Gasteiger charge is 2.35. The number of rotatable bonds is 4. The van der Waals surface area contributed by atoms with E-state index in [0.29, 0.717) is 29.9 Å². The standard InChI is InChI=1S/C26H27N5O4S/c1-17-9-11-21(12-10-17)36(34,35)31-15-22(20-7-5-4-6-8-20)23-24(27-16-28-25(23)31)29-13-19(3)30(26(32)33)14-18(29)2/h4-12,15-16,18-19H,13-14H2,1-3H3,(H,32,33). The van der Waals surface area contributed by atoms with Crippen molar-refractivity contribution in [3.63, 3.8) is 0 Å². The van der Waals surface area contributed by atoms with E-state index >= 15 is 0 Å². The highest BCUT2D eigenvalue weighted by Crippen LogP contribution is 2.38. The average Bonchev–Trinajstić information content (AvgIpc) is 3.27. The molecule has 1 N–H and O–H groups in total. The summed E-state index contributed by atoms with van der Waals surface area (Å²) in [5.41, 5.74) is 2.77. The molecule has 3 heterocycles. The molecule has 2 atom stereocenters. The smallest absolute Gasteiger partial charge is 0.407 e. The Morgan fingerprint density at radius 1 is 0.972 bits per heavy atom. The van der Waals surface area contributed by atoms with Crippen LogP contribution in [0.15, 0.2) is 72.0 Å². The second-order valence-corrected chi connectivity index (χ2v) is 11.0. The van der Waals surface area contributed by atoms with E-state index in [1.807, 2.05) is 56.0 Å². The summed E-state index contributed by atoms with van der Waals surface area (Å²) in [6, 6.07) is 15.8. The van der Waals surface area contributed by atoms with E-state index in [4.69, 9.17) is 0 Å². The van der Waals surface area contributed by atoms with Crippen LogP contribution in [0.2, 0.25) is 0 Å². The molecule has 5 rings (SSSR count). The zero-order valence-electron chi connectivity index (χ0n) is 20.2. The molecule has 2 aromatic carbocycles. The molecular formula is C26H27N5O4S. The maximum absolute atomic E-state index is 13.7. The van der Waals surface area contributed by atoms with Crippen molar-refractivity contribution in [1.82, 2.24) is 18.8 Å². The van der Waals surface area contributed by atoms with Crippen molar-refractivity contribution < 1.29 is 18.3 Å². The number of anilines is 1. The lowest BCUT2D eigenvalue weighted by Gasteiger charge is -2.43. The minimum Gasteiger partial charge on any atom is -0.465 e. The Morgan fingerprint density at radius 2 is 1.67 bits per heavy atom. The van der Waals surface area contributed by atoms with Crippen LogP contribution in [0.1, 0.15) is 19.4 Å². The maximum Gasteiger partial charge on any atom is 0.407 e. The number of fused-ring (bicyclic) bond motifs is 1. The number of hydrogen-bond acceptors (Lipinski definition) is 6. The molecule has 36 heavy (non-hydrogen) atoms. The quantitative estimate of drug-likeness (QED) is 0.442. The van der Waals surface area contributed by atoms with Gasteiger partial charge in [0, 0.05) is 36.9 Å². The van der Waals surface area contributed by atoms with Gasteiger partial charge in [0.1, 0.15) is 12.1 Å². The van der Waals surface area contributed by atoms with Gasteiger partial charge in [0.2, 0.25) is 0 Å². The van der Waals surface area contributed by atoms with Gasteiger partial charge in [-0.15, -0.1) is 0 Å². The first-order chi connectivity index (χ1) is 17.2. The van der Waals surface area contributed by atoms with Crippen LogP contribution in [0, 0.1) is 6.92 Å². The molecule has 4 aromatic rings. The second kappa shape index (κ2) is 8.94. The number of nitrogens with zero attached hydrogens (tertiary/aromatic N) is 5. The van der Waals surface area contributed by atoms with Gasteiger partial charge in [-0.05, 0) is 38.5 Å². The monoisotopic (exact) mass is 505 g/mol. The Balaban J connectivity index is 1.73. The molecular weight excluding hydrogens is 478 g/mol. The molecule has 10 heteroatoms. The summed E-state index contributed by atoms with van der Waals surface area (Å²) >= 11 is 0. The van der Waals surface area contributed by atoms with Crippen LogP contribution < -0.4 is 4.90 Å². The van der Waals surface area contributed by atoms with Crippen LogP contribution >= 0.6 is 0 Å². The van der Waals surface area contributed by atoms with Gasteiger partial charge in [-0.25, -0.2) is 27.2 Å². The van der Waals surface area contributed by atoms with Crippen molar-refractivity contribution in [3.05, 3.63) is 72.7 Å². The third kappa shape index (κ3) is 3.97. The molecule has 186 valence electrons. The van der Waals surface area contributed by atoms with Crippen LogP contribution in [-0.2, 0) is 10.0 Å². The van der Waals surface area contributed by atoms with Crippen LogP contribution in [0.25, 0.3) is 22.2 Å². The van der Waals surface area contributed by atoms with Gasteiger partial charge in [-0.3, -0.25) is 0 Å². The van der Waals surface area contributed by atoms with Gasteiger partial charge in [0.15, 0.2) is 5.65 Å². The van der Waals surface area contributed by atoms with E-state index in [1.165, 1.54) is 15.2 Å². The fraction of sp³-hybridized carbons (Fsp3) is 0.269. The van der Waals surface area contributed by atoms with Crippen molar-refractivity contribution in [3.8, 4) is 11.1 Å². The molecule has 0 spiro atoms. The van der Waals surface area contributed by atoms with Gasteiger partial charge in [-0.2, -0.15) is 0 Å². The minimum absolute atomic E-state index is 0.168. The topological polar surface area (TPSA) is 109 Å². The number of piperazine rings is 1. The molecule has 0 radical (unpaired) electrons. The Kier molecular flexibility index (Phi) is 5.91. The molecule has 1 amide bonds. The third-order valence-corrected chi connectivity index (χ3v) is 8.36. The minimum atomic E-state index is -3.94. The van der Waals surface area contributed by atoms with Crippen LogP contribution in [0.5, 0.6) is 0 Å². The summed E-state index contributed by atoms with van der Waals surface area (Å²) in [5.74, 6) is 0.584. The van der Waals surface area contributed by atoms with Crippen LogP contribution in [0.3, 0.4) is 0 Å². The summed E-state index contributed by atoms with van der Waals surface area (Å²) in [7, 11) is -3.94. The summed E-state index contributed by atoms with van der Waals surface area (Å²) in [4.78, 5) is 24.3. The lowest BCUT2D eigenvalue weighted by molar-refractivity contribution is 0.114. The summed E-state index contributed by atoms with van der Waals surface area (Å²) in [5, 5.41) is 10.2. The third-order valence-electron chi connectivity index (χ3n) is 6.70. The van der Waals surface area contributed by atoms with E-state index < -0.39 is 16.1 Å². The lowest BCUT2D eigenvalue weighted by atomic mass is 10.0. The fourth-order valence-electron chi connectivity index (χ4n) is 4.77. The predicted molar refractivity (Wildman–Crippen MR) is 138 cm³/mol. The molecule has 1 aliphatic rings. The number of amides is 1. The van der Waals surface area contributed by atoms with Gasteiger partial charge >= 0.3 is 6.09 Å². The van der Waals surface area contributed by atoms with Crippen LogP contribution in [0.4, 0.5) is 10.6 Å². The summed E-state index contributed by atoms with van der Waals surface area (Å²) < 4.78 is 28.7. The first-order valence-electron chi connectivity index (χ1n) is 11.7. The molecule has 1 saturated heterocycles. The number of carbonyl (C=O) groups is 1. The SMILES string of the molecule is Cc1ccc(S(=O)(=O)n2cc(-c3ccccc3)c3c(N4CC(C)N(C(=O)O)CC4C)ncnc32)cc1. The van der Waals surface area contributed by atoms with Crippen molar-refractivity contribution in [2.75, 3.05) is 18.0 Å². The van der Waals surface area contributed by atoms with Crippen molar-refractivity contribution in [2.45, 2.75) is 37.8 Å². The molecule has 1 aliphatic heterocycles. The van der Waals surface area contributed by atoms with E-state index in [2.05, 4.69) is 9.97 Å². The van der Waals surface area contributed by atoms with Gasteiger partial charge in [-0.1, -0.05) is 48.0 Å². The van der Waals surface area contributed by atoms with E-state index in [1.54, 1.807) is 30.5 Å². The molecule has 9 nitrogen and oxygen atoms in total. The highest BCUT2D eigenvalue weighted by atomic mass is 32.2. The zero-order valence-corrected chi connectivity index (χ0v) is 21.1. The molecule has 0 saturated carbocycles. The molecule has 0 aliphatic carbocycles. The molecule has 2 unspecified atom stereocenters. The van der Waals surface area contributed by atoms with Gasteiger partial charge < -0.3 is 14.9 Å². The number of aryl methyl sites for hydroxylation is 1. The lowest BCUT2D eigenvalue weighted by Crippen LogP contribution is -2.58. The van der Waals surface area contributed by atoms with Gasteiger partial charge in [0.25, 0.3) is 10.0 Å². The number of benzene rings is 2. The first-order valence-corrected chi connectivity index (χ1v) is 13.1. The number of aromatic nitrogens is 3. The van der Waals surface area contributed by atoms with Crippen molar-refractivity contribution >= 4 is 33.0 Å². The molecule has 0 bridgehead atoms. The maximum atomic E-state index is 13.7. The first kappa shape index (κ1) is 23.8. The predicted octanol–water partition coefficient (Wildman–Crippen LogP) is 4.22. The Labute approximate surface area is 209 Å². The summed E-state index contributed by atoms with van der Waals surface area (Å²) in [6.07, 6.45) is 2.02. The molecule has 2 aromatic heterocycles. The van der Waals surface area contributed by atoms with E-state index in [-0.39, 0.29) is 22.6 Å².